The van der Waals surface area contributed by atoms with Gasteiger partial charge in [0, 0.05) is 10.7 Å². The summed E-state index contributed by atoms with van der Waals surface area (Å²) in [4.78, 5) is 5.48. The van der Waals surface area contributed by atoms with E-state index >= 15 is 0 Å². The van der Waals surface area contributed by atoms with Crippen molar-refractivity contribution in [2.45, 2.75) is 19.6 Å². The molecule has 0 saturated carbocycles. The van der Waals surface area contributed by atoms with E-state index in [4.69, 9.17) is 4.84 Å². The molecule has 1 aromatic carbocycles. The first-order chi connectivity index (χ1) is 7.04. The predicted molar refractivity (Wildman–Crippen MR) is 67.4 cm³/mol. The molecular formula is C12H17NOSi. The lowest BCUT2D eigenvalue weighted by atomic mass is 10.3. The maximum Gasteiger partial charge on any atom is 0.104 e. The number of hydrogen-bond donors (Lipinski definition) is 0. The number of nitrogens with zero attached hydrogens (tertiary/aromatic N) is 1. The van der Waals surface area contributed by atoms with E-state index in [1.807, 2.05) is 10.8 Å². The number of fused-ring (bicyclic) bond motifs is 1. The number of para-hydroxylation sites is 1. The van der Waals surface area contributed by atoms with Crippen LogP contribution in [-0.4, -0.2) is 19.9 Å². The highest BCUT2D eigenvalue weighted by atomic mass is 28.3. The molecule has 2 rings (SSSR count). The molecule has 0 spiro atoms. The lowest BCUT2D eigenvalue weighted by molar-refractivity contribution is 0.186. The quantitative estimate of drug-likeness (QED) is 0.707. The van der Waals surface area contributed by atoms with Gasteiger partial charge in [-0.3, -0.25) is 0 Å². The van der Waals surface area contributed by atoms with E-state index in [-0.39, 0.29) is 0 Å². The smallest absolute Gasteiger partial charge is 0.104 e. The van der Waals surface area contributed by atoms with Gasteiger partial charge in [0.1, 0.15) is 15.2 Å². The van der Waals surface area contributed by atoms with Gasteiger partial charge < -0.3 is 4.84 Å². The molecule has 2 aromatic rings. The molecule has 0 radical (unpaired) electrons. The molecule has 1 aromatic heterocycles. The number of rotatable bonds is 2. The highest BCUT2D eigenvalue weighted by molar-refractivity contribution is 6.88. The zero-order valence-electron chi connectivity index (χ0n) is 9.74. The van der Waals surface area contributed by atoms with Gasteiger partial charge in [0.05, 0.1) is 5.52 Å². The Balaban J connectivity index is 2.75. The maximum absolute atomic E-state index is 5.48. The van der Waals surface area contributed by atoms with E-state index in [9.17, 15) is 0 Å². The number of benzene rings is 1. The van der Waals surface area contributed by atoms with Crippen molar-refractivity contribution >= 4 is 24.3 Å². The Labute approximate surface area is 91.4 Å². The average Bonchev–Trinajstić information content (AvgIpc) is 2.55. The van der Waals surface area contributed by atoms with E-state index in [1.54, 1.807) is 7.11 Å². The standard InChI is InChI=1S/C12H17NOSi/c1-14-13-11-8-6-5-7-10(11)9-12(13)15(2,3)4/h5-9H,1-4H3. The molecule has 2 nitrogen and oxygen atoms in total. The van der Waals surface area contributed by atoms with Crippen molar-refractivity contribution in [1.82, 2.24) is 4.73 Å². The second-order valence-corrected chi connectivity index (χ2v) is 9.83. The first-order valence-corrected chi connectivity index (χ1v) is 8.69. The second kappa shape index (κ2) is 3.42. The van der Waals surface area contributed by atoms with Crippen LogP contribution >= 0.6 is 0 Å². The Morgan fingerprint density at radius 1 is 1.13 bits per heavy atom. The molecular weight excluding hydrogens is 202 g/mol. The predicted octanol–water partition coefficient (Wildman–Crippen LogP) is 2.24. The largest absolute Gasteiger partial charge is 0.417 e. The van der Waals surface area contributed by atoms with Crippen molar-refractivity contribution in [2.75, 3.05) is 7.11 Å². The third kappa shape index (κ3) is 1.67. The molecule has 0 N–H and O–H groups in total. The Morgan fingerprint density at radius 2 is 1.80 bits per heavy atom. The van der Waals surface area contributed by atoms with Crippen LogP contribution in [0.15, 0.2) is 30.3 Å². The van der Waals surface area contributed by atoms with Gasteiger partial charge in [0.2, 0.25) is 0 Å². The lowest BCUT2D eigenvalue weighted by Crippen LogP contribution is -2.44. The first kappa shape index (κ1) is 10.3. The van der Waals surface area contributed by atoms with Crippen LogP contribution in [0.5, 0.6) is 0 Å². The van der Waals surface area contributed by atoms with Crippen LogP contribution in [-0.2, 0) is 0 Å². The van der Waals surface area contributed by atoms with Crippen LogP contribution in [0.2, 0.25) is 19.6 Å². The summed E-state index contributed by atoms with van der Waals surface area (Å²) in [6, 6.07) is 10.6. The molecule has 1 heterocycles. The summed E-state index contributed by atoms with van der Waals surface area (Å²) >= 11 is 0. The normalized spacial score (nSPS) is 12.0. The van der Waals surface area contributed by atoms with E-state index < -0.39 is 8.07 Å². The highest BCUT2D eigenvalue weighted by Gasteiger charge is 2.23. The van der Waals surface area contributed by atoms with Gasteiger partial charge in [-0.25, -0.2) is 0 Å². The summed E-state index contributed by atoms with van der Waals surface area (Å²) in [5, 5.41) is 2.60. The summed E-state index contributed by atoms with van der Waals surface area (Å²) < 4.78 is 1.97. The highest BCUT2D eigenvalue weighted by Crippen LogP contribution is 2.15. The monoisotopic (exact) mass is 219 g/mol. The Morgan fingerprint density at radius 3 is 2.40 bits per heavy atom. The van der Waals surface area contributed by atoms with Gasteiger partial charge in [-0.2, -0.15) is 4.73 Å². The minimum absolute atomic E-state index is 1.16. The van der Waals surface area contributed by atoms with Gasteiger partial charge in [-0.05, 0) is 12.1 Å². The van der Waals surface area contributed by atoms with Crippen LogP contribution in [0.3, 0.4) is 0 Å². The molecule has 3 heteroatoms. The Hall–Kier alpha value is -1.22. The van der Waals surface area contributed by atoms with Crippen LogP contribution in [0.25, 0.3) is 10.9 Å². The Kier molecular flexibility index (Phi) is 2.35. The molecule has 0 bridgehead atoms. The van der Waals surface area contributed by atoms with Crippen LogP contribution in [0.1, 0.15) is 0 Å². The molecule has 0 saturated heterocycles. The minimum Gasteiger partial charge on any atom is -0.417 e. The third-order valence-electron chi connectivity index (χ3n) is 2.62. The van der Waals surface area contributed by atoms with E-state index in [2.05, 4.69) is 43.9 Å². The van der Waals surface area contributed by atoms with Crippen LogP contribution in [0.4, 0.5) is 0 Å². The molecule has 0 aliphatic carbocycles. The van der Waals surface area contributed by atoms with Crippen molar-refractivity contribution < 1.29 is 4.84 Å². The molecule has 0 atom stereocenters. The van der Waals surface area contributed by atoms with Crippen molar-refractivity contribution in [3.8, 4) is 0 Å². The lowest BCUT2D eigenvalue weighted by Gasteiger charge is -2.18. The molecule has 80 valence electrons. The van der Waals surface area contributed by atoms with Crippen LogP contribution < -0.4 is 10.2 Å². The van der Waals surface area contributed by atoms with Crippen molar-refractivity contribution in [3.05, 3.63) is 30.3 Å². The molecule has 0 amide bonds. The zero-order chi connectivity index (χ0) is 11.1. The fourth-order valence-electron chi connectivity index (χ4n) is 1.85. The van der Waals surface area contributed by atoms with E-state index in [1.165, 1.54) is 10.7 Å². The fraction of sp³-hybridized carbons (Fsp3) is 0.333. The summed E-state index contributed by atoms with van der Waals surface area (Å²) in [6.45, 7) is 6.99. The van der Waals surface area contributed by atoms with Gasteiger partial charge in [0.25, 0.3) is 0 Å². The Bertz CT molecular complexity index is 482. The van der Waals surface area contributed by atoms with E-state index in [0.29, 0.717) is 0 Å². The second-order valence-electron chi connectivity index (χ2n) is 4.82. The fourth-order valence-corrected chi connectivity index (χ4v) is 3.26. The van der Waals surface area contributed by atoms with Gasteiger partial charge in [-0.1, -0.05) is 37.8 Å². The average molecular weight is 219 g/mol. The van der Waals surface area contributed by atoms with Gasteiger partial charge >= 0.3 is 0 Å². The maximum atomic E-state index is 5.48. The summed E-state index contributed by atoms with van der Waals surface area (Å²) in [5.74, 6) is 0. The first-order valence-electron chi connectivity index (χ1n) is 5.19. The molecule has 0 fully saturated rings. The van der Waals surface area contributed by atoms with Crippen molar-refractivity contribution in [3.63, 3.8) is 0 Å². The molecule has 0 unspecified atom stereocenters. The third-order valence-corrected chi connectivity index (χ3v) is 4.50. The number of hydrogen-bond acceptors (Lipinski definition) is 1. The van der Waals surface area contributed by atoms with E-state index in [0.717, 1.165) is 5.52 Å². The molecule has 15 heavy (non-hydrogen) atoms. The van der Waals surface area contributed by atoms with Crippen LogP contribution in [0, 0.1) is 0 Å². The van der Waals surface area contributed by atoms with Gasteiger partial charge in [0.15, 0.2) is 0 Å². The zero-order valence-corrected chi connectivity index (χ0v) is 10.7. The summed E-state index contributed by atoms with van der Waals surface area (Å²) in [7, 11) is 0.388. The summed E-state index contributed by atoms with van der Waals surface area (Å²) in [5.41, 5.74) is 1.16. The molecule has 0 aliphatic heterocycles. The minimum atomic E-state index is -1.34. The van der Waals surface area contributed by atoms with Crippen molar-refractivity contribution in [1.29, 1.82) is 0 Å². The summed E-state index contributed by atoms with van der Waals surface area (Å²) in [6.07, 6.45) is 0. The SMILES string of the molecule is COn1c([Si](C)(C)C)cc2ccccc21. The van der Waals surface area contributed by atoms with Gasteiger partial charge in [-0.15, -0.1) is 0 Å². The van der Waals surface area contributed by atoms with Crippen molar-refractivity contribution in [2.24, 2.45) is 0 Å². The topological polar surface area (TPSA) is 14.2 Å². The molecule has 0 aliphatic rings. The number of aromatic nitrogens is 1.